The third kappa shape index (κ3) is 10.2. The average Bonchev–Trinajstić information content (AvgIpc) is 3.08. The third-order valence-electron chi connectivity index (χ3n) is 12.4. The number of aliphatic hydroxyl groups is 3. The summed E-state index contributed by atoms with van der Waals surface area (Å²) in [6.45, 7) is 20.2. The number of esters is 2. The molecule has 3 N–H and O–H groups in total. The minimum atomic E-state index is -1.98. The van der Waals surface area contributed by atoms with Crippen molar-refractivity contribution in [3.8, 4) is 0 Å². The third-order valence-corrected chi connectivity index (χ3v) is 12.4. The number of ketones is 1. The first kappa shape index (κ1) is 46.6. The number of carbonyl (C=O) groups excluding carboxylic acids is 3. The van der Waals surface area contributed by atoms with Gasteiger partial charge in [0, 0.05) is 50.2 Å². The largest absolute Gasteiger partial charge is 0.459 e. The molecular formula is C40H71NO13. The van der Waals surface area contributed by atoms with E-state index in [4.69, 9.17) is 33.2 Å². The first-order valence-electron chi connectivity index (χ1n) is 19.7. The van der Waals surface area contributed by atoms with Gasteiger partial charge in [-0.05, 0) is 74.9 Å². The van der Waals surface area contributed by atoms with Crippen LogP contribution in [0.4, 0.5) is 0 Å². The zero-order valence-corrected chi connectivity index (χ0v) is 35.4. The van der Waals surface area contributed by atoms with Crippen LogP contribution in [0.25, 0.3) is 0 Å². The Bertz CT molecular complexity index is 1280. The van der Waals surface area contributed by atoms with E-state index in [1.807, 2.05) is 34.9 Å². The molecule has 3 unspecified atom stereocenters. The van der Waals surface area contributed by atoms with Crippen LogP contribution in [0, 0.1) is 29.6 Å². The maximum absolute atomic E-state index is 14.2. The Labute approximate surface area is 322 Å². The summed E-state index contributed by atoms with van der Waals surface area (Å²) < 4.78 is 43.8. The Balaban J connectivity index is 2.19. The molecule has 3 saturated heterocycles. The summed E-state index contributed by atoms with van der Waals surface area (Å²) >= 11 is 0. The summed E-state index contributed by atoms with van der Waals surface area (Å²) in [5, 5.41) is 35.6. The molecule has 3 aliphatic rings. The summed E-state index contributed by atoms with van der Waals surface area (Å²) in [5.41, 5.74) is -4.72. The summed E-state index contributed by atoms with van der Waals surface area (Å²) in [6.07, 6.45) is -7.20. The van der Waals surface area contributed by atoms with Gasteiger partial charge in [-0.1, -0.05) is 34.6 Å². The summed E-state index contributed by atoms with van der Waals surface area (Å²) in [5.74, 6) is -5.33. The lowest BCUT2D eigenvalue weighted by molar-refractivity contribution is -0.314. The Hall–Kier alpha value is -1.75. The molecule has 3 aliphatic heterocycles. The van der Waals surface area contributed by atoms with Gasteiger partial charge in [0.15, 0.2) is 18.7 Å². The van der Waals surface area contributed by atoms with Crippen molar-refractivity contribution in [1.29, 1.82) is 0 Å². The number of hydrogen-bond acceptors (Lipinski definition) is 14. The lowest BCUT2D eigenvalue weighted by Gasteiger charge is -2.49. The molecule has 14 nitrogen and oxygen atoms in total. The maximum Gasteiger partial charge on any atom is 0.311 e. The van der Waals surface area contributed by atoms with Crippen molar-refractivity contribution in [2.24, 2.45) is 29.6 Å². The van der Waals surface area contributed by atoms with Crippen LogP contribution in [-0.2, 0) is 47.5 Å². The number of carbonyl (C=O) groups is 3. The lowest BCUT2D eigenvalue weighted by atomic mass is 9.74. The van der Waals surface area contributed by atoms with Crippen LogP contribution >= 0.6 is 0 Å². The van der Waals surface area contributed by atoms with Crippen LogP contribution in [0.3, 0.4) is 0 Å². The van der Waals surface area contributed by atoms with Crippen LogP contribution in [0.2, 0.25) is 0 Å². The van der Waals surface area contributed by atoms with Crippen LogP contribution in [0.15, 0.2) is 0 Å². The standard InChI is InChI=1S/C40H71NO13/c1-16-29-40(12,47)33(44)23(5)31(43)20(2)18-38(10,46)34(54-37-22(4)28(41(13)14)17-21(3)49-37)24(6)32(25(7)36(45)52-29)53-30-19-39(11,48-15)35(26(8)50-30)51-27(9)42/h20-26,28-30,32-35,37,44,46-47H,16-19H2,1-15H3/t20-,21-,22?,23+,24+,25-,26+,28+,29-,30?,32+,33-,34-,35+,37?,38+,39-,40-/m1/s1. The molecule has 3 fully saturated rings. The molecule has 0 bridgehead atoms. The smallest absolute Gasteiger partial charge is 0.311 e. The predicted octanol–water partition coefficient (Wildman–Crippen LogP) is 3.63. The molecule has 0 radical (unpaired) electrons. The van der Waals surface area contributed by atoms with Crippen molar-refractivity contribution in [1.82, 2.24) is 4.90 Å². The van der Waals surface area contributed by atoms with Crippen molar-refractivity contribution in [3.63, 3.8) is 0 Å². The van der Waals surface area contributed by atoms with Crippen LogP contribution < -0.4 is 0 Å². The van der Waals surface area contributed by atoms with Gasteiger partial charge in [-0.3, -0.25) is 14.4 Å². The topological polar surface area (TPSA) is 180 Å². The van der Waals surface area contributed by atoms with Crippen molar-refractivity contribution in [3.05, 3.63) is 0 Å². The number of rotatable bonds is 8. The number of ether oxygens (including phenoxy) is 7. The SMILES string of the molecule is CC[C@H]1OC(=O)[C@H](C)[C@@H](OC2C[C@@](C)(OC)[C@@H](OC(C)=O)[C@H](C)O2)[C@H](C)[C@@H](OC2O[C@H](C)C[C@H](N(C)C)C2C)[C@@](C)(O)C[C@@H](C)C(=O)[C@H](C)[C@@H](O)[C@]1(C)O. The van der Waals surface area contributed by atoms with E-state index in [0.717, 1.165) is 6.42 Å². The molecule has 0 spiro atoms. The van der Waals surface area contributed by atoms with Gasteiger partial charge in [-0.2, -0.15) is 0 Å². The maximum atomic E-state index is 14.2. The first-order valence-corrected chi connectivity index (χ1v) is 19.7. The van der Waals surface area contributed by atoms with Gasteiger partial charge in [0.2, 0.25) is 0 Å². The van der Waals surface area contributed by atoms with Gasteiger partial charge in [0.1, 0.15) is 23.1 Å². The van der Waals surface area contributed by atoms with Gasteiger partial charge >= 0.3 is 11.9 Å². The van der Waals surface area contributed by atoms with E-state index in [1.54, 1.807) is 41.5 Å². The van der Waals surface area contributed by atoms with Gasteiger partial charge < -0.3 is 53.4 Å². The van der Waals surface area contributed by atoms with E-state index < -0.39 is 102 Å². The molecule has 0 aromatic heterocycles. The number of methoxy groups -OCH3 is 1. The van der Waals surface area contributed by atoms with Gasteiger partial charge in [-0.25, -0.2) is 0 Å². The highest BCUT2D eigenvalue weighted by molar-refractivity contribution is 5.83. The number of aliphatic hydroxyl groups excluding tert-OH is 1. The molecule has 0 aromatic rings. The van der Waals surface area contributed by atoms with E-state index in [1.165, 1.54) is 27.9 Å². The summed E-state index contributed by atoms with van der Waals surface area (Å²) in [4.78, 5) is 42.3. The molecule has 0 amide bonds. The minimum Gasteiger partial charge on any atom is -0.459 e. The number of hydrogen-bond donors (Lipinski definition) is 3. The fourth-order valence-corrected chi connectivity index (χ4v) is 9.12. The average molecular weight is 774 g/mol. The number of cyclic esters (lactones) is 1. The van der Waals surface area contributed by atoms with Crippen LogP contribution in [0.1, 0.15) is 109 Å². The van der Waals surface area contributed by atoms with Gasteiger partial charge in [-0.15, -0.1) is 0 Å². The molecule has 0 aliphatic carbocycles. The van der Waals surface area contributed by atoms with Crippen molar-refractivity contribution < 1.29 is 62.9 Å². The molecule has 3 heterocycles. The predicted molar refractivity (Wildman–Crippen MR) is 199 cm³/mol. The van der Waals surface area contributed by atoms with Crippen LogP contribution in [0.5, 0.6) is 0 Å². The Morgan fingerprint density at radius 1 is 0.907 bits per heavy atom. The van der Waals surface area contributed by atoms with E-state index in [2.05, 4.69) is 4.90 Å². The minimum absolute atomic E-state index is 0.0701. The normalized spacial score (nSPS) is 47.5. The second-order valence-electron chi connectivity index (χ2n) is 17.4. The Morgan fingerprint density at radius 2 is 1.52 bits per heavy atom. The zero-order valence-electron chi connectivity index (χ0n) is 35.4. The molecule has 0 aromatic carbocycles. The molecule has 54 heavy (non-hydrogen) atoms. The Kier molecular flexibility index (Phi) is 15.7. The van der Waals surface area contributed by atoms with E-state index in [-0.39, 0.29) is 43.1 Å². The second kappa shape index (κ2) is 18.2. The van der Waals surface area contributed by atoms with Crippen molar-refractivity contribution in [2.45, 2.75) is 187 Å². The number of Topliss-reactive ketones (excluding diaryl/α,β-unsaturated/α-hetero) is 1. The van der Waals surface area contributed by atoms with Crippen molar-refractivity contribution in [2.75, 3.05) is 21.2 Å². The highest BCUT2D eigenvalue weighted by Gasteiger charge is 2.54. The number of nitrogens with zero attached hydrogens (tertiary/aromatic N) is 1. The molecule has 314 valence electrons. The fraction of sp³-hybridized carbons (Fsp3) is 0.925. The quantitative estimate of drug-likeness (QED) is 0.305. The van der Waals surface area contributed by atoms with Crippen LogP contribution in [-0.4, -0.2) is 137 Å². The monoisotopic (exact) mass is 773 g/mol. The lowest BCUT2D eigenvalue weighted by Crippen LogP contribution is -2.61. The summed E-state index contributed by atoms with van der Waals surface area (Å²) in [6, 6.07) is 0.106. The highest BCUT2D eigenvalue weighted by Crippen LogP contribution is 2.42. The Morgan fingerprint density at radius 3 is 2.06 bits per heavy atom. The highest BCUT2D eigenvalue weighted by atomic mass is 16.7. The molecule has 3 rings (SSSR count). The van der Waals surface area contributed by atoms with Gasteiger partial charge in [0.05, 0.1) is 42.0 Å². The fourth-order valence-electron chi connectivity index (χ4n) is 9.12. The molecule has 18 atom stereocenters. The molecule has 0 saturated carbocycles. The van der Waals surface area contributed by atoms with E-state index in [0.29, 0.717) is 0 Å². The zero-order chi connectivity index (χ0) is 41.2. The summed E-state index contributed by atoms with van der Waals surface area (Å²) in [7, 11) is 5.52. The van der Waals surface area contributed by atoms with Crippen molar-refractivity contribution >= 4 is 17.7 Å². The molecule has 14 heteroatoms. The van der Waals surface area contributed by atoms with Gasteiger partial charge in [0.25, 0.3) is 0 Å². The first-order chi connectivity index (χ1) is 24.8. The second-order valence-corrected chi connectivity index (χ2v) is 17.4. The molecular weight excluding hydrogens is 702 g/mol. The van der Waals surface area contributed by atoms with E-state index >= 15 is 0 Å². The van der Waals surface area contributed by atoms with E-state index in [9.17, 15) is 29.7 Å².